The Labute approximate surface area is 262 Å². The predicted octanol–water partition coefficient (Wildman–Crippen LogP) is 4.51. The standard InChI is InChI=1S/C29H28BrIN2O7S/c1-5-37-20-10-8-17(9-11-20)25-24(28(36)39-7-3)16(4)32-29-33(25)27(35)22(41-29)13-18-12-19(30)14-21(31)26(18)40-15-23(34)38-6-2/h8-14,25H,5-7,15H2,1-4H3/b22-13-/t25-/m0/s1. The first-order valence-electron chi connectivity index (χ1n) is 12.9. The van der Waals surface area contributed by atoms with E-state index in [9.17, 15) is 14.4 Å². The summed E-state index contributed by atoms with van der Waals surface area (Å²) in [4.78, 5) is 44.2. The van der Waals surface area contributed by atoms with E-state index < -0.39 is 18.0 Å². The van der Waals surface area contributed by atoms with E-state index in [0.29, 0.717) is 49.8 Å². The largest absolute Gasteiger partial charge is 0.494 e. The molecule has 41 heavy (non-hydrogen) atoms. The summed E-state index contributed by atoms with van der Waals surface area (Å²) >= 11 is 6.82. The Bertz CT molecular complexity index is 1680. The van der Waals surface area contributed by atoms with Crippen molar-refractivity contribution in [3.8, 4) is 11.5 Å². The highest BCUT2D eigenvalue weighted by Gasteiger charge is 2.33. The van der Waals surface area contributed by atoms with Crippen LogP contribution in [0.3, 0.4) is 0 Å². The first-order chi connectivity index (χ1) is 19.7. The van der Waals surface area contributed by atoms with Crippen LogP contribution in [0.5, 0.6) is 11.5 Å². The number of benzene rings is 2. The lowest BCUT2D eigenvalue weighted by molar-refractivity contribution is -0.145. The van der Waals surface area contributed by atoms with Crippen LogP contribution < -0.4 is 24.4 Å². The highest BCUT2D eigenvalue weighted by molar-refractivity contribution is 14.1. The van der Waals surface area contributed by atoms with Gasteiger partial charge in [-0.2, -0.15) is 0 Å². The van der Waals surface area contributed by atoms with E-state index >= 15 is 0 Å². The molecule has 1 aliphatic rings. The van der Waals surface area contributed by atoms with Crippen LogP contribution >= 0.6 is 49.9 Å². The van der Waals surface area contributed by atoms with Gasteiger partial charge in [0.2, 0.25) is 0 Å². The molecule has 3 aromatic rings. The highest BCUT2D eigenvalue weighted by Crippen LogP contribution is 2.33. The summed E-state index contributed by atoms with van der Waals surface area (Å²) < 4.78 is 25.2. The zero-order valence-corrected chi connectivity index (χ0v) is 27.4. The molecule has 0 saturated heterocycles. The summed E-state index contributed by atoms with van der Waals surface area (Å²) in [5.74, 6) is 0.104. The SMILES string of the molecule is CCOC(=O)COc1c(I)cc(Br)cc1/C=c1\sc2n(c1=O)[C@@H](c1ccc(OCC)cc1)C(C(=O)OCC)=C(C)N=2. The Morgan fingerprint density at radius 2 is 1.78 bits per heavy atom. The second-order valence-corrected chi connectivity index (χ2v) is 11.8. The molecule has 0 spiro atoms. The molecular weight excluding hydrogens is 727 g/mol. The number of carbonyl (C=O) groups is 2. The fourth-order valence-electron chi connectivity index (χ4n) is 4.33. The quantitative estimate of drug-likeness (QED) is 0.222. The van der Waals surface area contributed by atoms with Crippen molar-refractivity contribution in [1.82, 2.24) is 4.57 Å². The van der Waals surface area contributed by atoms with Crippen LogP contribution in [0, 0.1) is 3.57 Å². The zero-order valence-electron chi connectivity index (χ0n) is 22.9. The van der Waals surface area contributed by atoms with E-state index in [1.54, 1.807) is 32.9 Å². The molecular formula is C29H28BrIN2O7S. The summed E-state index contributed by atoms with van der Waals surface area (Å²) in [5.41, 5.74) is 1.76. The third-order valence-corrected chi connectivity index (χ3v) is 8.23. The van der Waals surface area contributed by atoms with Crippen LogP contribution in [0.15, 0.2) is 61.9 Å². The van der Waals surface area contributed by atoms with E-state index in [-0.39, 0.29) is 25.4 Å². The first kappa shape index (κ1) is 31.0. The van der Waals surface area contributed by atoms with Gasteiger partial charge in [0.1, 0.15) is 11.5 Å². The second kappa shape index (κ2) is 13.8. The normalized spacial score (nSPS) is 14.8. The van der Waals surface area contributed by atoms with Crippen molar-refractivity contribution in [3.05, 3.63) is 86.5 Å². The summed E-state index contributed by atoms with van der Waals surface area (Å²) in [6.45, 7) is 7.77. The van der Waals surface area contributed by atoms with Crippen molar-refractivity contribution in [2.75, 3.05) is 26.4 Å². The van der Waals surface area contributed by atoms with Gasteiger partial charge in [0.05, 0.1) is 45.2 Å². The zero-order chi connectivity index (χ0) is 29.7. The molecule has 0 saturated carbocycles. The third-order valence-electron chi connectivity index (χ3n) is 5.99. The van der Waals surface area contributed by atoms with E-state index in [1.165, 1.54) is 15.9 Å². The minimum absolute atomic E-state index is 0.187. The van der Waals surface area contributed by atoms with E-state index in [4.69, 9.17) is 18.9 Å². The molecule has 9 nitrogen and oxygen atoms in total. The van der Waals surface area contributed by atoms with Gasteiger partial charge in [0, 0.05) is 10.0 Å². The van der Waals surface area contributed by atoms with Crippen molar-refractivity contribution in [2.45, 2.75) is 33.7 Å². The van der Waals surface area contributed by atoms with Gasteiger partial charge in [-0.1, -0.05) is 39.4 Å². The van der Waals surface area contributed by atoms with Gasteiger partial charge in [0.25, 0.3) is 5.56 Å². The number of rotatable bonds is 10. The van der Waals surface area contributed by atoms with Crippen molar-refractivity contribution in [3.63, 3.8) is 0 Å². The number of nitrogens with zero attached hydrogens (tertiary/aromatic N) is 2. The lowest BCUT2D eigenvalue weighted by Crippen LogP contribution is -2.39. The maximum atomic E-state index is 14.0. The maximum absolute atomic E-state index is 14.0. The highest BCUT2D eigenvalue weighted by atomic mass is 127. The van der Waals surface area contributed by atoms with E-state index in [0.717, 1.165) is 8.04 Å². The Morgan fingerprint density at radius 1 is 1.07 bits per heavy atom. The van der Waals surface area contributed by atoms with Crippen LogP contribution in [-0.4, -0.2) is 42.9 Å². The number of ether oxygens (including phenoxy) is 4. The van der Waals surface area contributed by atoms with Crippen molar-refractivity contribution in [1.29, 1.82) is 0 Å². The van der Waals surface area contributed by atoms with Gasteiger partial charge in [-0.15, -0.1) is 0 Å². The Kier molecular flexibility index (Phi) is 10.4. The Hall–Kier alpha value is -2.97. The molecule has 1 aromatic heterocycles. The molecule has 2 heterocycles. The molecule has 1 atom stereocenters. The van der Waals surface area contributed by atoms with Crippen LogP contribution in [0.25, 0.3) is 6.08 Å². The number of aromatic nitrogens is 1. The average Bonchev–Trinajstić information content (AvgIpc) is 3.22. The molecule has 0 fully saturated rings. The minimum atomic E-state index is -0.745. The summed E-state index contributed by atoms with van der Waals surface area (Å²) in [7, 11) is 0. The molecule has 0 amide bonds. The van der Waals surface area contributed by atoms with Crippen LogP contribution in [0.2, 0.25) is 0 Å². The number of allylic oxidation sites excluding steroid dienone is 1. The van der Waals surface area contributed by atoms with Crippen molar-refractivity contribution in [2.24, 2.45) is 4.99 Å². The molecule has 216 valence electrons. The molecule has 0 N–H and O–H groups in total. The van der Waals surface area contributed by atoms with Crippen LogP contribution in [0.1, 0.15) is 44.9 Å². The summed E-state index contributed by atoms with van der Waals surface area (Å²) in [5, 5.41) is 0. The third kappa shape index (κ3) is 6.92. The average molecular weight is 755 g/mol. The fourth-order valence-corrected chi connectivity index (χ4v) is 7.08. The molecule has 0 bridgehead atoms. The van der Waals surface area contributed by atoms with Gasteiger partial charge in [-0.25, -0.2) is 14.6 Å². The number of hydrogen-bond acceptors (Lipinski definition) is 9. The van der Waals surface area contributed by atoms with Crippen LogP contribution in [0.4, 0.5) is 0 Å². The minimum Gasteiger partial charge on any atom is -0.494 e. The molecule has 0 unspecified atom stereocenters. The van der Waals surface area contributed by atoms with Gasteiger partial charge in [-0.3, -0.25) is 9.36 Å². The molecule has 12 heteroatoms. The predicted molar refractivity (Wildman–Crippen MR) is 167 cm³/mol. The topological polar surface area (TPSA) is 105 Å². The Balaban J connectivity index is 1.88. The number of hydrogen-bond donors (Lipinski definition) is 0. The molecule has 2 aromatic carbocycles. The lowest BCUT2D eigenvalue weighted by atomic mass is 9.96. The van der Waals surface area contributed by atoms with Crippen LogP contribution in [-0.2, 0) is 19.1 Å². The smallest absolute Gasteiger partial charge is 0.344 e. The summed E-state index contributed by atoms with van der Waals surface area (Å²) in [6, 6.07) is 10.2. The molecule has 0 aliphatic carbocycles. The number of carbonyl (C=O) groups excluding carboxylic acids is 2. The second-order valence-electron chi connectivity index (χ2n) is 8.70. The van der Waals surface area contributed by atoms with Gasteiger partial charge >= 0.3 is 11.9 Å². The molecule has 0 radical (unpaired) electrons. The Morgan fingerprint density at radius 3 is 2.44 bits per heavy atom. The number of fused-ring (bicyclic) bond motifs is 1. The lowest BCUT2D eigenvalue weighted by Gasteiger charge is -2.24. The maximum Gasteiger partial charge on any atom is 0.344 e. The summed E-state index contributed by atoms with van der Waals surface area (Å²) in [6.07, 6.45) is 1.70. The first-order valence-corrected chi connectivity index (χ1v) is 15.6. The number of esters is 2. The molecule has 4 rings (SSSR count). The van der Waals surface area contributed by atoms with E-state index in [2.05, 4.69) is 43.5 Å². The van der Waals surface area contributed by atoms with E-state index in [1.807, 2.05) is 37.3 Å². The van der Waals surface area contributed by atoms with Gasteiger partial charge < -0.3 is 18.9 Å². The number of halogens is 2. The molecule has 1 aliphatic heterocycles. The van der Waals surface area contributed by atoms with Crippen molar-refractivity contribution >= 4 is 67.9 Å². The van der Waals surface area contributed by atoms with Gasteiger partial charge in [0.15, 0.2) is 11.4 Å². The number of thiazole rings is 1. The monoisotopic (exact) mass is 754 g/mol. The van der Waals surface area contributed by atoms with Gasteiger partial charge in [-0.05, 0) is 86.2 Å². The van der Waals surface area contributed by atoms with Crippen molar-refractivity contribution < 1.29 is 28.5 Å². The fraction of sp³-hybridized carbons (Fsp3) is 0.310.